The van der Waals surface area contributed by atoms with Gasteiger partial charge >= 0.3 is 0 Å². The van der Waals surface area contributed by atoms with Crippen LogP contribution in [-0.4, -0.2) is 51.2 Å². The van der Waals surface area contributed by atoms with Gasteiger partial charge < -0.3 is 28.5 Å². The Balaban J connectivity index is 1.72. The van der Waals surface area contributed by atoms with Crippen molar-refractivity contribution in [3.63, 3.8) is 0 Å². The molecule has 6 nitrogen and oxygen atoms in total. The Morgan fingerprint density at radius 1 is 1.14 bits per heavy atom. The third-order valence-corrected chi connectivity index (χ3v) is 6.03. The van der Waals surface area contributed by atoms with Gasteiger partial charge in [-0.1, -0.05) is 12.1 Å². The molecule has 2 atom stereocenters. The van der Waals surface area contributed by atoms with Gasteiger partial charge in [0.05, 0.1) is 46.5 Å². The van der Waals surface area contributed by atoms with Gasteiger partial charge in [0.2, 0.25) is 12.5 Å². The molecule has 2 aromatic rings. The summed E-state index contributed by atoms with van der Waals surface area (Å²) in [6, 6.07) is 9.75. The van der Waals surface area contributed by atoms with E-state index in [1.165, 1.54) is 5.56 Å². The number of methoxy groups -OCH3 is 2. The van der Waals surface area contributed by atoms with Crippen molar-refractivity contribution >= 4 is 0 Å². The van der Waals surface area contributed by atoms with Crippen molar-refractivity contribution in [2.75, 3.05) is 41.7 Å². The lowest BCUT2D eigenvalue weighted by Crippen LogP contribution is -2.48. The van der Waals surface area contributed by atoms with E-state index in [1.807, 2.05) is 24.3 Å². The quantitative estimate of drug-likeness (QED) is 0.800. The number of ether oxygens (including phenoxy) is 4. The van der Waals surface area contributed by atoms with Crippen LogP contribution in [-0.2, 0) is 6.42 Å². The summed E-state index contributed by atoms with van der Waals surface area (Å²) in [5.74, 6) is 2.94. The first kappa shape index (κ1) is 18.9. The molecular weight excluding hydrogens is 358 g/mol. The number of hydrogen-bond acceptors (Lipinski definition) is 5. The van der Waals surface area contributed by atoms with Gasteiger partial charge in [0.25, 0.3) is 0 Å². The lowest BCUT2D eigenvalue weighted by Gasteiger charge is -2.44. The van der Waals surface area contributed by atoms with Crippen LogP contribution >= 0.6 is 0 Å². The number of benzene rings is 2. The molecule has 2 heterocycles. The van der Waals surface area contributed by atoms with E-state index in [1.54, 1.807) is 14.2 Å². The van der Waals surface area contributed by atoms with Gasteiger partial charge in [-0.25, -0.2) is 0 Å². The average Bonchev–Trinajstić information content (AvgIpc) is 3.16. The fraction of sp³-hybridized carbons (Fsp3) is 0.455. The molecule has 0 bridgehead atoms. The third-order valence-electron chi connectivity index (χ3n) is 6.03. The molecule has 2 aliphatic rings. The Morgan fingerprint density at radius 3 is 2.57 bits per heavy atom. The maximum absolute atomic E-state index is 11.0. The van der Waals surface area contributed by atoms with Gasteiger partial charge in [0, 0.05) is 12.8 Å². The van der Waals surface area contributed by atoms with Crippen LogP contribution in [0.25, 0.3) is 0 Å². The molecular formula is C22H28NO5+. The second kappa shape index (κ2) is 7.18. The number of rotatable bonds is 5. The van der Waals surface area contributed by atoms with Crippen molar-refractivity contribution in [2.45, 2.75) is 25.0 Å². The first-order valence-corrected chi connectivity index (χ1v) is 9.58. The lowest BCUT2D eigenvalue weighted by atomic mass is 9.85. The molecule has 150 valence electrons. The summed E-state index contributed by atoms with van der Waals surface area (Å²) < 4.78 is 23.1. The summed E-state index contributed by atoms with van der Waals surface area (Å²) in [5.41, 5.74) is 3.22. The molecule has 0 amide bonds. The molecule has 0 spiro atoms. The summed E-state index contributed by atoms with van der Waals surface area (Å²) in [6.45, 7) is 1.20. The van der Waals surface area contributed by atoms with Crippen molar-refractivity contribution in [3.8, 4) is 23.0 Å². The van der Waals surface area contributed by atoms with E-state index in [0.717, 1.165) is 45.8 Å². The first-order chi connectivity index (χ1) is 13.4. The Bertz CT molecular complexity index is 862. The summed E-state index contributed by atoms with van der Waals surface area (Å²) in [7, 11) is 7.72. The Kier molecular flexibility index (Phi) is 4.85. The van der Waals surface area contributed by atoms with Crippen LogP contribution in [0.4, 0.5) is 0 Å². The smallest absolute Gasteiger partial charge is 0.231 e. The standard InChI is InChI=1S/C22H28NO5/c1-23(2)10-9-15-11-19-21(28-13-27-19)22(26-4)20(15)17(23)12-18(24)14-5-7-16(25-3)8-6-14/h5-8,11,17-18,24H,9-10,12-13H2,1-4H3/q+1/t17-,18+/m0/s1. The molecule has 0 radical (unpaired) electrons. The molecule has 1 N–H and O–H groups in total. The summed E-state index contributed by atoms with van der Waals surface area (Å²) in [6.07, 6.45) is 0.932. The van der Waals surface area contributed by atoms with Crippen LogP contribution < -0.4 is 18.9 Å². The minimum absolute atomic E-state index is 0.0744. The summed E-state index contributed by atoms with van der Waals surface area (Å²) >= 11 is 0. The van der Waals surface area contributed by atoms with Gasteiger partial charge in [-0.2, -0.15) is 0 Å². The van der Waals surface area contributed by atoms with E-state index in [0.29, 0.717) is 12.2 Å². The second-order valence-electron chi connectivity index (χ2n) is 8.01. The highest BCUT2D eigenvalue weighted by Gasteiger charge is 2.42. The van der Waals surface area contributed by atoms with Gasteiger partial charge in [-0.15, -0.1) is 0 Å². The van der Waals surface area contributed by atoms with Crippen molar-refractivity contribution in [1.82, 2.24) is 0 Å². The van der Waals surface area contributed by atoms with Crippen LogP contribution in [0, 0.1) is 0 Å². The van der Waals surface area contributed by atoms with Crippen LogP contribution in [0.1, 0.15) is 35.3 Å². The van der Waals surface area contributed by atoms with Gasteiger partial charge in [-0.05, 0) is 29.3 Å². The number of hydrogen-bond donors (Lipinski definition) is 1. The molecule has 4 rings (SSSR count). The molecule has 2 aromatic carbocycles. The van der Waals surface area contributed by atoms with E-state index < -0.39 is 6.10 Å². The first-order valence-electron chi connectivity index (χ1n) is 9.58. The van der Waals surface area contributed by atoms with Crippen molar-refractivity contribution in [2.24, 2.45) is 0 Å². The SMILES string of the molecule is COc1ccc([C@H](O)C[C@H]2c3c(cc4c(c3OC)OCO4)CC[N+]2(C)C)cc1. The van der Waals surface area contributed by atoms with Crippen LogP contribution in [0.5, 0.6) is 23.0 Å². The highest BCUT2D eigenvalue weighted by molar-refractivity contribution is 5.61. The molecule has 2 aliphatic heterocycles. The van der Waals surface area contributed by atoms with Gasteiger partial charge in [-0.3, -0.25) is 0 Å². The van der Waals surface area contributed by atoms with Gasteiger partial charge in [0.15, 0.2) is 11.5 Å². The minimum Gasteiger partial charge on any atom is -0.497 e. The fourth-order valence-corrected chi connectivity index (χ4v) is 4.34. The zero-order valence-corrected chi connectivity index (χ0v) is 16.9. The maximum atomic E-state index is 11.0. The predicted molar refractivity (Wildman–Crippen MR) is 105 cm³/mol. The molecule has 0 saturated heterocycles. The second-order valence-corrected chi connectivity index (χ2v) is 8.01. The number of aliphatic hydroxyl groups excluding tert-OH is 1. The Hall–Kier alpha value is -2.44. The van der Waals surface area contributed by atoms with Crippen LogP contribution in [0.15, 0.2) is 30.3 Å². The number of aliphatic hydroxyl groups is 1. The minimum atomic E-state index is -0.589. The summed E-state index contributed by atoms with van der Waals surface area (Å²) in [4.78, 5) is 0. The average molecular weight is 386 g/mol. The van der Waals surface area contributed by atoms with Gasteiger partial charge in [0.1, 0.15) is 11.8 Å². The number of likely N-dealkylation sites (N-methyl/N-ethyl adjacent to an activating group) is 1. The Morgan fingerprint density at radius 2 is 1.89 bits per heavy atom. The number of fused-ring (bicyclic) bond motifs is 2. The number of nitrogens with zero attached hydrogens (tertiary/aromatic N) is 1. The topological polar surface area (TPSA) is 57.2 Å². The zero-order chi connectivity index (χ0) is 19.9. The molecule has 0 aromatic heterocycles. The van der Waals surface area contributed by atoms with Crippen molar-refractivity contribution in [1.29, 1.82) is 0 Å². The van der Waals surface area contributed by atoms with Crippen LogP contribution in [0.2, 0.25) is 0 Å². The third kappa shape index (κ3) is 3.16. The molecule has 28 heavy (non-hydrogen) atoms. The Labute approximate surface area is 165 Å². The normalized spacial score (nSPS) is 20.4. The van der Waals surface area contributed by atoms with E-state index in [2.05, 4.69) is 20.2 Å². The number of quaternary nitrogens is 1. The largest absolute Gasteiger partial charge is 0.497 e. The molecule has 0 unspecified atom stereocenters. The summed E-state index contributed by atoms with van der Waals surface area (Å²) in [5, 5.41) is 11.0. The molecule has 0 aliphatic carbocycles. The molecule has 0 fully saturated rings. The fourth-order valence-electron chi connectivity index (χ4n) is 4.34. The highest BCUT2D eigenvalue weighted by atomic mass is 16.7. The molecule has 6 heteroatoms. The van der Waals surface area contributed by atoms with Crippen LogP contribution in [0.3, 0.4) is 0 Å². The molecule has 0 saturated carbocycles. The van der Waals surface area contributed by atoms with Crippen molar-refractivity contribution < 1.29 is 28.5 Å². The zero-order valence-electron chi connectivity index (χ0n) is 16.9. The maximum Gasteiger partial charge on any atom is 0.231 e. The van der Waals surface area contributed by atoms with E-state index >= 15 is 0 Å². The van der Waals surface area contributed by atoms with E-state index in [9.17, 15) is 5.11 Å². The predicted octanol–water partition coefficient (Wildman–Crippen LogP) is 3.23. The van der Waals surface area contributed by atoms with E-state index in [4.69, 9.17) is 18.9 Å². The monoisotopic (exact) mass is 386 g/mol. The highest BCUT2D eigenvalue weighted by Crippen LogP contribution is 2.52. The lowest BCUT2D eigenvalue weighted by molar-refractivity contribution is -0.924. The van der Waals surface area contributed by atoms with Crippen molar-refractivity contribution in [3.05, 3.63) is 47.0 Å². The van der Waals surface area contributed by atoms with E-state index in [-0.39, 0.29) is 12.8 Å².